The van der Waals surface area contributed by atoms with Gasteiger partial charge >= 0.3 is 0 Å². The standard InChI is InChI=1S/C10H16N2O8.C2H5O.5H3N/c13-7(14)3-11(4-8(15)16)1-2-12(5-9(17)18)6-10(19)20;1-2-3;;;;;/h1-6H2,(H,13,14)(H,15,16)(H,17,18)(H,19,20);2H2,1H3;5*1H3/q;-1;;;;;/p+1. The summed E-state index contributed by atoms with van der Waals surface area (Å²) in [5.41, 5.74) is 0. The van der Waals surface area contributed by atoms with Gasteiger partial charge in [-0.25, -0.2) is 0 Å². The predicted octanol–water partition coefficient (Wildman–Crippen LogP) is -6.16. The molecule has 0 rings (SSSR count). The Labute approximate surface area is 163 Å². The number of carbonyl (C=O) groups is 4. The molecule has 0 aliphatic heterocycles. The molecule has 0 aromatic rings. The summed E-state index contributed by atoms with van der Waals surface area (Å²) in [6.45, 7) is -1.68. The molecule has 0 atom stereocenters. The van der Waals surface area contributed by atoms with E-state index in [1.165, 1.54) is 0 Å². The van der Waals surface area contributed by atoms with E-state index in [9.17, 15) is 39.6 Å². The number of carboxylic acid groups (broad SMARTS) is 4. The second kappa shape index (κ2) is 26.8. The average Bonchev–Trinajstić information content (AvgIpc) is 2.33. The normalized spacial score (nSPS) is 8.29. The number of hydrogen-bond donors (Lipinski definition) is 5. The zero-order chi connectivity index (χ0) is 18.4. The third-order valence-corrected chi connectivity index (χ3v) is 2.14. The summed E-state index contributed by atoms with van der Waals surface area (Å²) in [4.78, 5) is 43.4. The molecule has 0 saturated heterocycles. The van der Waals surface area contributed by atoms with Crippen molar-refractivity contribution in [3.8, 4) is 0 Å². The molecule has 0 radical (unpaired) electrons. The number of rotatable bonds is 11. The fraction of sp³-hybridized carbons (Fsp3) is 0.667. The van der Waals surface area contributed by atoms with Crippen LogP contribution in [0.3, 0.4) is 0 Å². The van der Waals surface area contributed by atoms with Gasteiger partial charge in [0.2, 0.25) is 0 Å². The minimum atomic E-state index is -1.53. The smallest absolute Gasteiger partial charge is 0.0555 e. The topological polar surface area (TPSA) is 373 Å². The van der Waals surface area contributed by atoms with Crippen molar-refractivity contribution in [3.05, 3.63) is 0 Å². The van der Waals surface area contributed by atoms with Crippen LogP contribution in [0.5, 0.6) is 0 Å². The number of aliphatic carboxylic acids is 4. The number of quaternary nitrogens is 5. The summed E-state index contributed by atoms with van der Waals surface area (Å²) < 4.78 is 0. The molecule has 174 valence electrons. The summed E-state index contributed by atoms with van der Waals surface area (Å²) in [5, 5.41) is 50.5. The first-order valence-corrected chi connectivity index (χ1v) is 6.44. The van der Waals surface area contributed by atoms with Crippen molar-refractivity contribution in [2.45, 2.75) is 6.92 Å². The van der Waals surface area contributed by atoms with Crippen LogP contribution in [0.2, 0.25) is 0 Å². The zero-order valence-electron chi connectivity index (χ0n) is 17.5. The molecule has 16 heteroatoms. The van der Waals surface area contributed by atoms with Gasteiger partial charge in [0, 0.05) is 39.3 Å². The van der Waals surface area contributed by atoms with Crippen LogP contribution in [-0.4, -0.2) is 79.6 Å². The van der Waals surface area contributed by atoms with Crippen molar-refractivity contribution < 1.29 is 44.7 Å². The molecular weight excluding hydrogens is 386 g/mol. The first-order chi connectivity index (χ1) is 10.6. The minimum absolute atomic E-state index is 0. The van der Waals surface area contributed by atoms with Gasteiger partial charge in [0.05, 0.1) is 23.9 Å². The molecule has 0 heterocycles. The van der Waals surface area contributed by atoms with Crippen molar-refractivity contribution in [1.29, 1.82) is 0 Å². The Bertz CT molecular complexity index is 345. The van der Waals surface area contributed by atoms with Crippen molar-refractivity contribution in [2.75, 3.05) is 45.9 Å². The summed E-state index contributed by atoms with van der Waals surface area (Å²) in [6.07, 6.45) is 0. The third-order valence-electron chi connectivity index (χ3n) is 2.14. The van der Waals surface area contributed by atoms with E-state index < -0.39 is 50.1 Å². The van der Waals surface area contributed by atoms with Crippen molar-refractivity contribution in [3.63, 3.8) is 0 Å². The largest absolute Gasteiger partial charge is 0.855 e. The van der Waals surface area contributed by atoms with Gasteiger partial charge in [-0.15, -0.1) is 6.61 Å². The Morgan fingerprint density at radius 1 is 0.571 bits per heavy atom. The molecule has 0 spiro atoms. The molecule has 16 nitrogen and oxygen atoms in total. The van der Waals surface area contributed by atoms with E-state index in [0.29, 0.717) is 0 Å². The van der Waals surface area contributed by atoms with Gasteiger partial charge in [-0.2, -0.15) is 0 Å². The zero-order valence-corrected chi connectivity index (χ0v) is 17.5. The molecule has 0 unspecified atom stereocenters. The van der Waals surface area contributed by atoms with Crippen LogP contribution < -0.4 is 56.3 Å². The maximum absolute atomic E-state index is 10.4. The molecule has 28 heavy (non-hydrogen) atoms. The fourth-order valence-corrected chi connectivity index (χ4v) is 1.44. The molecular formula is C12H37N7O9. The molecule has 0 aliphatic rings. The van der Waals surface area contributed by atoms with Gasteiger partial charge in [0.1, 0.15) is 0 Å². The van der Waals surface area contributed by atoms with Gasteiger partial charge < -0.3 is 75.5 Å². The Hall–Kier alpha value is -2.44. The second-order valence-electron chi connectivity index (χ2n) is 4.20. The van der Waals surface area contributed by atoms with Crippen molar-refractivity contribution >= 4 is 23.9 Å². The predicted molar refractivity (Wildman–Crippen MR) is 93.4 cm³/mol. The number of carbonyl (C=O) groups excluding carboxylic acids is 4. The number of nitrogens with zero attached hydrogens (tertiary/aromatic N) is 2. The van der Waals surface area contributed by atoms with Gasteiger partial charge in [0.15, 0.2) is 0 Å². The van der Waals surface area contributed by atoms with E-state index in [0.717, 1.165) is 9.80 Å². The second-order valence-corrected chi connectivity index (χ2v) is 4.20. The fourth-order valence-electron chi connectivity index (χ4n) is 1.44. The van der Waals surface area contributed by atoms with Crippen LogP contribution in [0.1, 0.15) is 6.92 Å². The lowest BCUT2D eigenvalue weighted by Crippen LogP contribution is -2.50. The van der Waals surface area contributed by atoms with E-state index >= 15 is 0 Å². The van der Waals surface area contributed by atoms with E-state index in [1.807, 2.05) is 0 Å². The van der Waals surface area contributed by atoms with Gasteiger partial charge in [-0.3, -0.25) is 9.80 Å². The lowest BCUT2D eigenvalue weighted by molar-refractivity contribution is -0.361. The van der Waals surface area contributed by atoms with Gasteiger partial charge in [0.25, 0.3) is 0 Å². The molecule has 0 saturated carbocycles. The monoisotopic (exact) mass is 423 g/mol. The summed E-state index contributed by atoms with van der Waals surface area (Å²) >= 11 is 0. The van der Waals surface area contributed by atoms with Crippen LogP contribution in [0, 0.1) is 0 Å². The highest BCUT2D eigenvalue weighted by Gasteiger charge is 2.10. The van der Waals surface area contributed by atoms with Crippen LogP contribution in [0.4, 0.5) is 0 Å². The molecule has 0 amide bonds. The molecule has 0 aromatic heterocycles. The van der Waals surface area contributed by atoms with Crippen LogP contribution in [-0.2, 0) is 19.2 Å². The maximum Gasteiger partial charge on any atom is 0.0555 e. The highest BCUT2D eigenvalue weighted by Crippen LogP contribution is 1.92. The molecule has 0 fully saturated rings. The maximum atomic E-state index is 10.4. The SMILES string of the molecule is CC[O-].O=C([O-])CN(CCN(CC(=O)[O-])CC(=O)[O-])CC(=O)[O-].[NH4+].[NH4+].[NH4+].[NH4+].[NH4+]. The van der Waals surface area contributed by atoms with Crippen molar-refractivity contribution in [1.82, 2.24) is 40.6 Å². The Kier molecular flexibility index (Phi) is 42.8. The first kappa shape index (κ1) is 44.8. The number of carboxylic acids is 4. The van der Waals surface area contributed by atoms with E-state index in [1.54, 1.807) is 6.92 Å². The molecule has 20 N–H and O–H groups in total. The quantitative estimate of drug-likeness (QED) is 0.208. The summed E-state index contributed by atoms with van der Waals surface area (Å²) in [6, 6.07) is 0. The molecule has 0 aromatic carbocycles. The Balaban J connectivity index is -0.000000103. The lowest BCUT2D eigenvalue weighted by Gasteiger charge is -2.28. The minimum Gasteiger partial charge on any atom is -0.855 e. The first-order valence-electron chi connectivity index (χ1n) is 6.44. The van der Waals surface area contributed by atoms with E-state index in [4.69, 9.17) is 5.11 Å². The average molecular weight is 423 g/mol. The Morgan fingerprint density at radius 3 is 0.821 bits per heavy atom. The van der Waals surface area contributed by atoms with Crippen LogP contribution in [0.15, 0.2) is 0 Å². The lowest BCUT2D eigenvalue weighted by atomic mass is 10.4. The number of hydrogen-bond acceptors (Lipinski definition) is 11. The summed E-state index contributed by atoms with van der Waals surface area (Å²) in [7, 11) is 0. The summed E-state index contributed by atoms with van der Waals surface area (Å²) in [5.74, 6) is -6.12. The molecule has 0 bridgehead atoms. The highest BCUT2D eigenvalue weighted by atomic mass is 16.4. The van der Waals surface area contributed by atoms with Gasteiger partial charge in [-0.1, -0.05) is 6.92 Å². The van der Waals surface area contributed by atoms with Gasteiger partial charge in [-0.05, 0) is 0 Å². The highest BCUT2D eigenvalue weighted by molar-refractivity contribution is 5.71. The Morgan fingerprint density at radius 2 is 0.714 bits per heavy atom. The third kappa shape index (κ3) is 34.8. The van der Waals surface area contributed by atoms with Crippen molar-refractivity contribution in [2.24, 2.45) is 0 Å². The van der Waals surface area contributed by atoms with E-state index in [2.05, 4.69) is 0 Å². The van der Waals surface area contributed by atoms with Crippen LogP contribution >= 0.6 is 0 Å². The molecule has 0 aliphatic carbocycles. The van der Waals surface area contributed by atoms with E-state index in [-0.39, 0.29) is 50.4 Å². The van der Waals surface area contributed by atoms with Crippen LogP contribution in [0.25, 0.3) is 0 Å².